The SMILES string of the molecule is c1ccc(-c2cc(-c3ccccc3)nc(-c3cc(-c4ccc(-c5ccncc5)cc4)cc(-c4ccc(-c5ccccn5)cc4)c3)n2)cc1. The molecular formula is C44H30N4. The van der Waals surface area contributed by atoms with Gasteiger partial charge in [-0.1, -0.05) is 115 Å². The molecule has 8 aromatic rings. The zero-order valence-corrected chi connectivity index (χ0v) is 26.1. The Morgan fingerprint density at radius 3 is 1.23 bits per heavy atom. The van der Waals surface area contributed by atoms with Crippen molar-refractivity contribution in [2.45, 2.75) is 0 Å². The molecule has 0 spiro atoms. The van der Waals surface area contributed by atoms with E-state index in [4.69, 9.17) is 9.97 Å². The molecule has 8 rings (SSSR count). The van der Waals surface area contributed by atoms with Crippen LogP contribution in [0.25, 0.3) is 78.5 Å². The summed E-state index contributed by atoms with van der Waals surface area (Å²) in [5.41, 5.74) is 13.5. The summed E-state index contributed by atoms with van der Waals surface area (Å²) >= 11 is 0. The third kappa shape index (κ3) is 6.15. The Kier molecular flexibility index (Phi) is 7.87. The molecule has 3 aromatic heterocycles. The van der Waals surface area contributed by atoms with Crippen LogP contribution in [0, 0.1) is 0 Å². The minimum Gasteiger partial charge on any atom is -0.265 e. The van der Waals surface area contributed by atoms with Crippen LogP contribution < -0.4 is 0 Å². The summed E-state index contributed by atoms with van der Waals surface area (Å²) < 4.78 is 0. The maximum absolute atomic E-state index is 5.15. The smallest absolute Gasteiger partial charge is 0.160 e. The van der Waals surface area contributed by atoms with Gasteiger partial charge in [-0.3, -0.25) is 9.97 Å². The van der Waals surface area contributed by atoms with Crippen LogP contribution in [0.15, 0.2) is 182 Å². The van der Waals surface area contributed by atoms with Crippen molar-refractivity contribution in [1.29, 1.82) is 0 Å². The van der Waals surface area contributed by atoms with Gasteiger partial charge in [-0.25, -0.2) is 9.97 Å². The number of benzene rings is 5. The van der Waals surface area contributed by atoms with Crippen LogP contribution in [0.5, 0.6) is 0 Å². The number of aromatic nitrogens is 4. The normalized spacial score (nSPS) is 10.9. The summed E-state index contributed by atoms with van der Waals surface area (Å²) in [7, 11) is 0. The first kappa shape index (κ1) is 28.9. The fourth-order valence-corrected chi connectivity index (χ4v) is 5.95. The Morgan fingerprint density at radius 2 is 0.708 bits per heavy atom. The summed E-state index contributed by atoms with van der Waals surface area (Å²) in [6, 6.07) is 56.7. The summed E-state index contributed by atoms with van der Waals surface area (Å²) in [6.45, 7) is 0. The van der Waals surface area contributed by atoms with Crippen molar-refractivity contribution >= 4 is 0 Å². The highest BCUT2D eigenvalue weighted by atomic mass is 14.9. The molecule has 4 heteroatoms. The molecule has 0 amide bonds. The molecule has 226 valence electrons. The predicted octanol–water partition coefficient (Wildman–Crippen LogP) is 10.9. The number of rotatable bonds is 7. The Hall–Kier alpha value is -6.52. The first-order chi connectivity index (χ1) is 23.8. The first-order valence-corrected chi connectivity index (χ1v) is 15.9. The highest BCUT2D eigenvalue weighted by molar-refractivity contribution is 5.82. The number of nitrogens with zero attached hydrogens (tertiary/aromatic N) is 4. The molecule has 0 saturated carbocycles. The van der Waals surface area contributed by atoms with Crippen LogP contribution in [-0.2, 0) is 0 Å². The highest BCUT2D eigenvalue weighted by Gasteiger charge is 2.14. The lowest BCUT2D eigenvalue weighted by atomic mass is 9.94. The third-order valence-electron chi connectivity index (χ3n) is 8.47. The predicted molar refractivity (Wildman–Crippen MR) is 196 cm³/mol. The monoisotopic (exact) mass is 614 g/mol. The van der Waals surface area contributed by atoms with E-state index in [-0.39, 0.29) is 0 Å². The van der Waals surface area contributed by atoms with E-state index in [0.717, 1.165) is 72.7 Å². The number of pyridine rings is 2. The molecule has 4 nitrogen and oxygen atoms in total. The molecule has 0 atom stereocenters. The molecule has 0 N–H and O–H groups in total. The molecule has 0 aliphatic rings. The van der Waals surface area contributed by atoms with Gasteiger partial charge in [0.15, 0.2) is 5.82 Å². The topological polar surface area (TPSA) is 51.6 Å². The van der Waals surface area contributed by atoms with Crippen molar-refractivity contribution in [2.75, 3.05) is 0 Å². The van der Waals surface area contributed by atoms with Gasteiger partial charge in [0.25, 0.3) is 0 Å². The zero-order chi connectivity index (χ0) is 32.1. The van der Waals surface area contributed by atoms with Crippen molar-refractivity contribution in [1.82, 2.24) is 19.9 Å². The van der Waals surface area contributed by atoms with Crippen LogP contribution in [0.4, 0.5) is 0 Å². The Morgan fingerprint density at radius 1 is 0.271 bits per heavy atom. The molecule has 48 heavy (non-hydrogen) atoms. The van der Waals surface area contributed by atoms with Gasteiger partial charge >= 0.3 is 0 Å². The van der Waals surface area contributed by atoms with Gasteiger partial charge in [0.2, 0.25) is 0 Å². The van der Waals surface area contributed by atoms with Crippen LogP contribution in [0.3, 0.4) is 0 Å². The quantitative estimate of drug-likeness (QED) is 0.179. The number of hydrogen-bond acceptors (Lipinski definition) is 4. The summed E-state index contributed by atoms with van der Waals surface area (Å²) in [5.74, 6) is 0.678. The molecule has 0 saturated heterocycles. The second-order valence-electron chi connectivity index (χ2n) is 11.6. The molecule has 5 aromatic carbocycles. The molecular weight excluding hydrogens is 585 g/mol. The summed E-state index contributed by atoms with van der Waals surface area (Å²) in [4.78, 5) is 19.0. The van der Waals surface area contributed by atoms with E-state index in [1.165, 1.54) is 0 Å². The van der Waals surface area contributed by atoms with E-state index in [9.17, 15) is 0 Å². The second kappa shape index (κ2) is 13.1. The second-order valence-corrected chi connectivity index (χ2v) is 11.6. The lowest BCUT2D eigenvalue weighted by molar-refractivity contribution is 1.18. The van der Waals surface area contributed by atoms with Gasteiger partial charge in [0.1, 0.15) is 0 Å². The van der Waals surface area contributed by atoms with Gasteiger partial charge in [-0.2, -0.15) is 0 Å². The zero-order valence-electron chi connectivity index (χ0n) is 26.1. The minimum atomic E-state index is 0.678. The van der Waals surface area contributed by atoms with Gasteiger partial charge in [0.05, 0.1) is 17.1 Å². The molecule has 3 heterocycles. The van der Waals surface area contributed by atoms with Crippen molar-refractivity contribution in [3.05, 3.63) is 182 Å². The van der Waals surface area contributed by atoms with E-state index in [1.54, 1.807) is 0 Å². The van der Waals surface area contributed by atoms with Crippen LogP contribution in [0.1, 0.15) is 0 Å². The van der Waals surface area contributed by atoms with E-state index in [2.05, 4.69) is 107 Å². The lowest BCUT2D eigenvalue weighted by Crippen LogP contribution is -1.97. The fourth-order valence-electron chi connectivity index (χ4n) is 5.95. The molecule has 0 unspecified atom stereocenters. The van der Waals surface area contributed by atoms with Crippen LogP contribution >= 0.6 is 0 Å². The fraction of sp³-hybridized carbons (Fsp3) is 0. The van der Waals surface area contributed by atoms with Crippen molar-refractivity contribution < 1.29 is 0 Å². The largest absolute Gasteiger partial charge is 0.265 e. The maximum atomic E-state index is 5.15. The molecule has 0 aliphatic carbocycles. The lowest BCUT2D eigenvalue weighted by Gasteiger charge is -2.13. The van der Waals surface area contributed by atoms with E-state index < -0.39 is 0 Å². The number of hydrogen-bond donors (Lipinski definition) is 0. The Labute approximate surface area is 280 Å². The van der Waals surface area contributed by atoms with Gasteiger partial charge in [-0.05, 0) is 81.9 Å². The van der Waals surface area contributed by atoms with Crippen LogP contribution in [-0.4, -0.2) is 19.9 Å². The van der Waals surface area contributed by atoms with Crippen LogP contribution in [0.2, 0.25) is 0 Å². The van der Waals surface area contributed by atoms with Crippen molar-refractivity contribution in [3.63, 3.8) is 0 Å². The van der Waals surface area contributed by atoms with Crippen molar-refractivity contribution in [3.8, 4) is 78.5 Å². The van der Waals surface area contributed by atoms with E-state index in [0.29, 0.717) is 5.82 Å². The standard InChI is InChI=1S/C44H30N4/c1-3-9-35(10-4-1)42-30-43(36-11-5-2-6-12-36)48-44(47-42)40-28-38(32-16-14-31(15-17-32)34-22-25-45-26-23-34)27-39(29-40)33-18-20-37(21-19-33)41-13-7-8-24-46-41/h1-30H. The summed E-state index contributed by atoms with van der Waals surface area (Å²) in [5, 5.41) is 0. The van der Waals surface area contributed by atoms with E-state index in [1.807, 2.05) is 85.3 Å². The average Bonchev–Trinajstić information content (AvgIpc) is 3.19. The maximum Gasteiger partial charge on any atom is 0.160 e. The molecule has 0 aliphatic heterocycles. The Bertz CT molecular complexity index is 2130. The Balaban J connectivity index is 1.28. The first-order valence-electron chi connectivity index (χ1n) is 15.9. The highest BCUT2D eigenvalue weighted by Crippen LogP contribution is 2.35. The van der Waals surface area contributed by atoms with E-state index >= 15 is 0 Å². The van der Waals surface area contributed by atoms with Gasteiger partial charge < -0.3 is 0 Å². The molecule has 0 radical (unpaired) electrons. The average molecular weight is 615 g/mol. The molecule has 0 bridgehead atoms. The summed E-state index contributed by atoms with van der Waals surface area (Å²) in [6.07, 6.45) is 5.48. The van der Waals surface area contributed by atoms with Gasteiger partial charge in [-0.15, -0.1) is 0 Å². The molecule has 0 fully saturated rings. The third-order valence-corrected chi connectivity index (χ3v) is 8.47. The minimum absolute atomic E-state index is 0.678. The van der Waals surface area contributed by atoms with Crippen molar-refractivity contribution in [2.24, 2.45) is 0 Å². The van der Waals surface area contributed by atoms with Gasteiger partial charge in [0, 0.05) is 40.8 Å².